The molecule has 2 aromatic carbocycles. The molecule has 0 aliphatic carbocycles. The second-order valence-electron chi connectivity index (χ2n) is 21.6. The highest BCUT2D eigenvalue weighted by Gasteiger charge is 2.47. The zero-order chi connectivity index (χ0) is 61.8. The van der Waals surface area contributed by atoms with Crippen molar-refractivity contribution in [1.82, 2.24) is 40.1 Å². The highest BCUT2D eigenvalue weighted by Crippen LogP contribution is 2.42. The normalized spacial score (nSPS) is 15.6. The number of rotatable bonds is 33. The second-order valence-corrected chi connectivity index (χ2v) is 21.6. The number of nitrogens with zero attached hydrogens (tertiary/aromatic N) is 5. The fraction of sp³-hybridized carbons (Fsp3) is 0.517. The van der Waals surface area contributed by atoms with Gasteiger partial charge in [0.05, 0.1) is 52.1 Å². The number of nitrogens with two attached hydrogens (primary N) is 1. The van der Waals surface area contributed by atoms with Crippen LogP contribution in [0.3, 0.4) is 0 Å². The molecule has 3 heterocycles. The molecule has 0 spiro atoms. The maximum absolute atomic E-state index is 15.5. The van der Waals surface area contributed by atoms with Crippen molar-refractivity contribution in [2.45, 2.75) is 103 Å². The standard InChI is InChI=1S/C58H77F2N9O15/c1-36(2)52(54(61)78)69(43(55(79)62-6)18-22-67(50(75)35-70)53(58(3,4)5)45-29-38(40-30-39(59)14-15-41(40)60)33-65(45)32-37-11-8-7-9-12-37)57(81)44-13-10-21-66(44)56(80)42(31-51(76)77)64-46(71)19-23-82-25-27-84-28-26-83-24-20-63-47(72)34-68-48(73)16-17-49(68)74/h7-9,11-12,14-17,29-30,33,36,42-44,52-53,70H,10,13,18-28,31-32,34-35H2,1-6H3,(H2,61,78)(H,62,79)(H,63,72)(H,64,71)(H,76,77)/t42-,43-,44-,52-,53-/m0/s1. The number of carboxylic acid groups (broad SMARTS) is 1. The molecule has 26 heteroatoms. The van der Waals surface area contributed by atoms with Gasteiger partial charge in [0, 0.05) is 74.8 Å². The number of hydrogen-bond acceptors (Lipinski definition) is 14. The number of halogens is 2. The number of imide groups is 1. The summed E-state index contributed by atoms with van der Waals surface area (Å²) in [6.07, 6.45) is 2.47. The lowest BCUT2D eigenvalue weighted by atomic mass is 9.82. The van der Waals surface area contributed by atoms with E-state index in [0.717, 1.165) is 50.6 Å². The number of nitrogens with one attached hydrogen (secondary N) is 3. The van der Waals surface area contributed by atoms with Gasteiger partial charge in [-0.05, 0) is 60.4 Å². The van der Waals surface area contributed by atoms with Crippen molar-refractivity contribution in [2.24, 2.45) is 17.1 Å². The quantitative estimate of drug-likeness (QED) is 0.0373. The first-order valence-electron chi connectivity index (χ1n) is 27.7. The van der Waals surface area contributed by atoms with Gasteiger partial charge in [0.15, 0.2) is 0 Å². The third-order valence-electron chi connectivity index (χ3n) is 14.1. The maximum atomic E-state index is 15.5. The summed E-state index contributed by atoms with van der Waals surface area (Å²) >= 11 is 0. The Morgan fingerprint density at radius 3 is 2.11 bits per heavy atom. The molecule has 458 valence electrons. The van der Waals surface area contributed by atoms with Crippen LogP contribution < -0.4 is 21.7 Å². The monoisotopic (exact) mass is 1180 g/mol. The maximum Gasteiger partial charge on any atom is 0.305 e. The highest BCUT2D eigenvalue weighted by atomic mass is 19.1. The summed E-state index contributed by atoms with van der Waals surface area (Å²) in [5.74, 6) is -10.4. The van der Waals surface area contributed by atoms with E-state index < -0.39 is 132 Å². The number of likely N-dealkylation sites (tertiary alicyclic amines) is 1. The number of aromatic nitrogens is 1. The van der Waals surface area contributed by atoms with Gasteiger partial charge in [0.1, 0.15) is 49.0 Å². The van der Waals surface area contributed by atoms with Gasteiger partial charge >= 0.3 is 5.97 Å². The number of primary amides is 1. The zero-order valence-electron chi connectivity index (χ0n) is 48.2. The topological polar surface area (TPSA) is 319 Å². The number of carbonyl (C=O) groups is 10. The van der Waals surface area contributed by atoms with Crippen LogP contribution in [0, 0.1) is 23.0 Å². The van der Waals surface area contributed by atoms with E-state index in [2.05, 4.69) is 16.0 Å². The van der Waals surface area contributed by atoms with E-state index in [0.29, 0.717) is 5.69 Å². The largest absolute Gasteiger partial charge is 0.481 e. The van der Waals surface area contributed by atoms with Gasteiger partial charge < -0.3 is 65.4 Å². The molecule has 84 heavy (non-hydrogen) atoms. The van der Waals surface area contributed by atoms with Gasteiger partial charge in [-0.15, -0.1) is 0 Å². The highest BCUT2D eigenvalue weighted by molar-refractivity contribution is 6.14. The Hall–Kier alpha value is -7.94. The van der Waals surface area contributed by atoms with Crippen LogP contribution in [0.5, 0.6) is 0 Å². The number of carboxylic acids is 1. The molecule has 0 radical (unpaired) electrons. The Labute approximate surface area is 485 Å². The van der Waals surface area contributed by atoms with Crippen LogP contribution in [0.4, 0.5) is 8.78 Å². The van der Waals surface area contributed by atoms with Gasteiger partial charge in [-0.3, -0.25) is 52.8 Å². The first-order chi connectivity index (χ1) is 39.9. The summed E-state index contributed by atoms with van der Waals surface area (Å²) in [5, 5.41) is 28.0. The molecule has 2 aliphatic rings. The number of carbonyl (C=O) groups excluding carboxylic acids is 9. The molecule has 0 unspecified atom stereocenters. The number of hydrogen-bond donors (Lipinski definition) is 6. The lowest BCUT2D eigenvalue weighted by molar-refractivity contribution is -0.156. The molecule has 7 N–H and O–H groups in total. The molecule has 3 aromatic rings. The molecular formula is C58H77F2N9O15. The molecule has 5 atom stereocenters. The minimum absolute atomic E-state index is 0.00169. The molecule has 9 amide bonds. The summed E-state index contributed by atoms with van der Waals surface area (Å²) in [6, 6.07) is 6.82. The number of likely N-dealkylation sites (N-methyl/N-ethyl adjacent to an activating group) is 1. The van der Waals surface area contributed by atoms with Crippen LogP contribution in [0.2, 0.25) is 0 Å². The SMILES string of the molecule is CNC(=O)[C@H](CCN(C(=O)CO)[C@@H](c1cc(-c2cc(F)ccc2F)cn1Cc1ccccc1)C(C)(C)C)N(C(=O)[C@@H]1CCCN1C(=O)[C@H](CC(=O)O)NC(=O)CCOCCOCCOCCNC(=O)CN1C(=O)C=CC1=O)[C@H](C(N)=O)C(C)C. The van der Waals surface area contributed by atoms with Crippen LogP contribution in [0.1, 0.15) is 84.0 Å². The van der Waals surface area contributed by atoms with Crippen LogP contribution >= 0.6 is 0 Å². The lowest BCUT2D eigenvalue weighted by Crippen LogP contribution is -2.64. The molecular weight excluding hydrogens is 1100 g/mol. The van der Waals surface area contributed by atoms with E-state index in [1.54, 1.807) is 30.7 Å². The summed E-state index contributed by atoms with van der Waals surface area (Å²) in [4.78, 5) is 137. The second kappa shape index (κ2) is 31.6. The van der Waals surface area contributed by atoms with Crippen molar-refractivity contribution in [3.05, 3.63) is 95.8 Å². The average molecular weight is 1180 g/mol. The van der Waals surface area contributed by atoms with E-state index in [1.807, 2.05) is 51.1 Å². The van der Waals surface area contributed by atoms with E-state index in [4.69, 9.17) is 19.9 Å². The van der Waals surface area contributed by atoms with Crippen molar-refractivity contribution >= 4 is 59.1 Å². The Bertz CT molecular complexity index is 2840. The Balaban J connectivity index is 1.29. The number of benzene rings is 2. The van der Waals surface area contributed by atoms with Crippen LogP contribution in [-0.2, 0) is 68.7 Å². The molecule has 1 fully saturated rings. The minimum atomic E-state index is -1.66. The molecule has 5 rings (SSSR count). The molecule has 24 nitrogen and oxygen atoms in total. The fourth-order valence-corrected chi connectivity index (χ4v) is 10.3. The predicted octanol–water partition coefficient (Wildman–Crippen LogP) is 1.66. The Morgan fingerprint density at radius 1 is 0.869 bits per heavy atom. The van der Waals surface area contributed by atoms with Gasteiger partial charge in [-0.2, -0.15) is 0 Å². The van der Waals surface area contributed by atoms with Crippen molar-refractivity contribution in [3.63, 3.8) is 0 Å². The molecule has 0 bridgehead atoms. The smallest absolute Gasteiger partial charge is 0.305 e. The first-order valence-corrected chi connectivity index (χ1v) is 27.7. The van der Waals surface area contributed by atoms with Crippen LogP contribution in [0.25, 0.3) is 11.1 Å². The zero-order valence-corrected chi connectivity index (χ0v) is 48.2. The minimum Gasteiger partial charge on any atom is -0.481 e. The number of amides is 9. The predicted molar refractivity (Wildman–Crippen MR) is 298 cm³/mol. The van der Waals surface area contributed by atoms with Crippen LogP contribution in [-0.4, -0.2) is 197 Å². The van der Waals surface area contributed by atoms with E-state index >= 15 is 9.18 Å². The Kier molecular flexibility index (Phi) is 25.2. The lowest BCUT2D eigenvalue weighted by Gasteiger charge is -2.43. The molecule has 1 aromatic heterocycles. The molecule has 1 saturated heterocycles. The van der Waals surface area contributed by atoms with Gasteiger partial charge in [-0.25, -0.2) is 8.78 Å². The summed E-state index contributed by atoms with van der Waals surface area (Å²) < 4.78 is 48.3. The van der Waals surface area contributed by atoms with Crippen molar-refractivity contribution in [2.75, 3.05) is 79.5 Å². The van der Waals surface area contributed by atoms with Crippen molar-refractivity contribution < 1.29 is 81.1 Å². The molecule has 0 saturated carbocycles. The number of aliphatic hydroxyl groups excluding tert-OH is 1. The van der Waals surface area contributed by atoms with Crippen molar-refractivity contribution in [1.29, 1.82) is 0 Å². The van der Waals surface area contributed by atoms with Crippen LogP contribution in [0.15, 0.2) is 72.9 Å². The number of aliphatic carboxylic acids is 1. The first kappa shape index (κ1) is 66.9. The fourth-order valence-electron chi connectivity index (χ4n) is 10.3. The van der Waals surface area contributed by atoms with Gasteiger partial charge in [0.25, 0.3) is 11.8 Å². The van der Waals surface area contributed by atoms with E-state index in [9.17, 15) is 57.8 Å². The Morgan fingerprint density at radius 2 is 1.51 bits per heavy atom. The van der Waals surface area contributed by atoms with E-state index in [1.165, 1.54) is 11.9 Å². The van der Waals surface area contributed by atoms with Gasteiger partial charge in [0.2, 0.25) is 41.4 Å². The third-order valence-corrected chi connectivity index (χ3v) is 14.1. The average Bonchev–Trinajstić information content (AvgIpc) is 2.98. The molecule has 2 aliphatic heterocycles. The van der Waals surface area contributed by atoms with E-state index in [-0.39, 0.29) is 103 Å². The summed E-state index contributed by atoms with van der Waals surface area (Å²) in [7, 11) is 1.30. The number of ether oxygens (including phenoxy) is 3. The summed E-state index contributed by atoms with van der Waals surface area (Å²) in [6.45, 7) is 7.62. The van der Waals surface area contributed by atoms with Gasteiger partial charge in [-0.1, -0.05) is 65.0 Å². The summed E-state index contributed by atoms with van der Waals surface area (Å²) in [5.41, 5.74) is 6.66. The third kappa shape index (κ3) is 18.5. The van der Waals surface area contributed by atoms with Crippen molar-refractivity contribution in [3.8, 4) is 11.1 Å². The number of aliphatic hydroxyl groups is 1.